The van der Waals surface area contributed by atoms with Gasteiger partial charge >= 0.3 is 0 Å². The molecule has 0 bridgehead atoms. The zero-order valence-corrected chi connectivity index (χ0v) is 19.9. The van der Waals surface area contributed by atoms with Crippen LogP contribution in [-0.4, -0.2) is 35.1 Å². The van der Waals surface area contributed by atoms with Gasteiger partial charge < -0.3 is 9.47 Å². The van der Waals surface area contributed by atoms with Crippen LogP contribution in [0, 0.1) is 11.3 Å². The number of allylic oxidation sites excluding steroid dienone is 1. The maximum Gasteiger partial charge on any atom is 0.270 e. The molecule has 4 rings (SSSR count). The number of thiocarbonyl (C=S) groups is 1. The van der Waals surface area contributed by atoms with E-state index in [0.717, 1.165) is 33.0 Å². The number of nitrogens with zero attached hydrogens (tertiary/aromatic N) is 2. The van der Waals surface area contributed by atoms with Gasteiger partial charge in [-0.2, -0.15) is 5.26 Å². The van der Waals surface area contributed by atoms with E-state index in [4.69, 9.17) is 21.7 Å². The summed E-state index contributed by atoms with van der Waals surface area (Å²) >= 11 is 6.44. The van der Waals surface area contributed by atoms with Crippen LogP contribution in [0.3, 0.4) is 0 Å². The van der Waals surface area contributed by atoms with Gasteiger partial charge in [0, 0.05) is 11.8 Å². The SMILES string of the molecule is COc1ccc(/C=C2\SC(=S)N(/C=C(\C#N)C(=O)c3ccc4ccccc4c3)C2=O)cc1OC. The maximum absolute atomic E-state index is 13.0. The second-order valence-electron chi connectivity index (χ2n) is 7.21. The van der Waals surface area contributed by atoms with E-state index in [1.165, 1.54) is 13.3 Å². The monoisotopic (exact) mass is 486 g/mol. The Hall–Kier alpha value is -3.93. The molecule has 8 heteroatoms. The molecule has 1 saturated heterocycles. The van der Waals surface area contributed by atoms with Crippen molar-refractivity contribution in [3.63, 3.8) is 0 Å². The van der Waals surface area contributed by atoms with Crippen molar-refractivity contribution in [2.24, 2.45) is 0 Å². The van der Waals surface area contributed by atoms with Gasteiger partial charge in [0.25, 0.3) is 5.91 Å². The lowest BCUT2D eigenvalue weighted by atomic mass is 10.0. The van der Waals surface area contributed by atoms with Crippen molar-refractivity contribution in [2.45, 2.75) is 0 Å². The van der Waals surface area contributed by atoms with E-state index in [9.17, 15) is 14.9 Å². The summed E-state index contributed by atoms with van der Waals surface area (Å²) in [5, 5.41) is 11.5. The van der Waals surface area contributed by atoms with Crippen molar-refractivity contribution in [3.8, 4) is 17.6 Å². The Morgan fingerprint density at radius 1 is 1.03 bits per heavy atom. The topological polar surface area (TPSA) is 79.6 Å². The first kappa shape index (κ1) is 23.2. The van der Waals surface area contributed by atoms with Gasteiger partial charge in [0.05, 0.1) is 19.1 Å². The number of methoxy groups -OCH3 is 2. The van der Waals surface area contributed by atoms with Gasteiger partial charge in [0.1, 0.15) is 11.6 Å². The van der Waals surface area contributed by atoms with Crippen molar-refractivity contribution in [2.75, 3.05) is 14.2 Å². The van der Waals surface area contributed by atoms with E-state index in [0.29, 0.717) is 22.0 Å². The first-order valence-corrected chi connectivity index (χ1v) is 11.3. The third kappa shape index (κ3) is 4.57. The van der Waals surface area contributed by atoms with Gasteiger partial charge in [-0.15, -0.1) is 0 Å². The van der Waals surface area contributed by atoms with Crippen molar-refractivity contribution < 1.29 is 19.1 Å². The minimum absolute atomic E-state index is 0.182. The quantitative estimate of drug-likeness (QED) is 0.201. The molecule has 3 aromatic carbocycles. The highest BCUT2D eigenvalue weighted by molar-refractivity contribution is 8.26. The van der Waals surface area contributed by atoms with Crippen LogP contribution in [0.5, 0.6) is 11.5 Å². The van der Waals surface area contributed by atoms with Gasteiger partial charge in [-0.1, -0.05) is 66.4 Å². The van der Waals surface area contributed by atoms with Crippen LogP contribution in [0.4, 0.5) is 0 Å². The van der Waals surface area contributed by atoms with E-state index in [2.05, 4.69) is 0 Å². The Labute approximate surface area is 206 Å². The van der Waals surface area contributed by atoms with Crippen molar-refractivity contribution >= 4 is 56.8 Å². The molecule has 0 atom stereocenters. The summed E-state index contributed by atoms with van der Waals surface area (Å²) < 4.78 is 10.8. The number of carbonyl (C=O) groups is 2. The number of Topliss-reactive ketones (excluding diaryl/α,β-unsaturated/α-hetero) is 1. The number of nitriles is 1. The van der Waals surface area contributed by atoms with E-state index < -0.39 is 11.7 Å². The van der Waals surface area contributed by atoms with Crippen LogP contribution in [0.1, 0.15) is 15.9 Å². The van der Waals surface area contributed by atoms with Crippen LogP contribution in [0.25, 0.3) is 16.8 Å². The Balaban J connectivity index is 1.62. The number of thioether (sulfide) groups is 1. The zero-order chi connectivity index (χ0) is 24.2. The van der Waals surface area contributed by atoms with E-state index in [1.54, 1.807) is 43.5 Å². The number of hydrogen-bond donors (Lipinski definition) is 0. The maximum atomic E-state index is 13.0. The van der Waals surface area contributed by atoms with E-state index in [-0.39, 0.29) is 9.89 Å². The second kappa shape index (κ2) is 9.91. The fraction of sp³-hybridized carbons (Fsp3) is 0.0769. The Morgan fingerprint density at radius 3 is 2.47 bits per heavy atom. The van der Waals surface area contributed by atoms with Crippen molar-refractivity contribution in [1.29, 1.82) is 5.26 Å². The molecule has 1 heterocycles. The molecule has 3 aromatic rings. The summed E-state index contributed by atoms with van der Waals surface area (Å²) in [4.78, 5) is 27.5. The van der Waals surface area contributed by atoms with Crippen LogP contribution in [0.2, 0.25) is 0 Å². The molecule has 0 aliphatic carbocycles. The second-order valence-corrected chi connectivity index (χ2v) is 8.89. The molecule has 0 aromatic heterocycles. The Morgan fingerprint density at radius 2 is 1.76 bits per heavy atom. The molecular weight excluding hydrogens is 468 g/mol. The number of hydrogen-bond acceptors (Lipinski definition) is 7. The molecule has 1 amide bonds. The molecule has 34 heavy (non-hydrogen) atoms. The smallest absolute Gasteiger partial charge is 0.270 e. The summed E-state index contributed by atoms with van der Waals surface area (Å²) in [5.74, 6) is 0.204. The number of amides is 1. The minimum Gasteiger partial charge on any atom is -0.493 e. The van der Waals surface area contributed by atoms with Gasteiger partial charge in [-0.25, -0.2) is 0 Å². The highest BCUT2D eigenvalue weighted by Crippen LogP contribution is 2.35. The summed E-state index contributed by atoms with van der Waals surface area (Å²) in [6.45, 7) is 0. The van der Waals surface area contributed by atoms with Crippen LogP contribution in [-0.2, 0) is 4.79 Å². The first-order chi connectivity index (χ1) is 16.4. The molecule has 0 unspecified atom stereocenters. The van der Waals surface area contributed by atoms with E-state index in [1.807, 2.05) is 36.4 Å². The van der Waals surface area contributed by atoms with Gasteiger partial charge in [0.15, 0.2) is 15.8 Å². The lowest BCUT2D eigenvalue weighted by Crippen LogP contribution is -2.23. The minimum atomic E-state index is -0.480. The number of carbonyl (C=O) groups excluding carboxylic acids is 2. The molecule has 1 fully saturated rings. The normalized spacial score (nSPS) is 15.0. The molecule has 6 nitrogen and oxygen atoms in total. The summed E-state index contributed by atoms with van der Waals surface area (Å²) in [7, 11) is 3.07. The van der Waals surface area contributed by atoms with Crippen LogP contribution in [0.15, 0.2) is 77.3 Å². The first-order valence-electron chi connectivity index (χ1n) is 10.1. The molecule has 168 valence electrons. The molecule has 0 saturated carbocycles. The predicted molar refractivity (Wildman–Crippen MR) is 137 cm³/mol. The largest absolute Gasteiger partial charge is 0.493 e. The lowest BCUT2D eigenvalue weighted by Gasteiger charge is -2.10. The number of fused-ring (bicyclic) bond motifs is 1. The van der Waals surface area contributed by atoms with Crippen molar-refractivity contribution in [1.82, 2.24) is 4.90 Å². The third-order valence-corrected chi connectivity index (χ3v) is 6.49. The highest BCUT2D eigenvalue weighted by atomic mass is 32.2. The number of rotatable bonds is 6. The zero-order valence-electron chi connectivity index (χ0n) is 18.3. The summed E-state index contributed by atoms with van der Waals surface area (Å²) in [6, 6.07) is 20.0. The average Bonchev–Trinajstić information content (AvgIpc) is 3.13. The summed E-state index contributed by atoms with van der Waals surface area (Å²) in [5.41, 5.74) is 0.895. The number of ether oxygens (including phenoxy) is 2. The van der Waals surface area contributed by atoms with Gasteiger partial charge in [0.2, 0.25) is 5.78 Å². The number of ketones is 1. The third-order valence-electron chi connectivity index (χ3n) is 5.16. The Kier molecular flexibility index (Phi) is 6.77. The van der Waals surface area contributed by atoms with E-state index >= 15 is 0 Å². The number of benzene rings is 3. The van der Waals surface area contributed by atoms with Gasteiger partial charge in [-0.3, -0.25) is 14.5 Å². The highest BCUT2D eigenvalue weighted by Gasteiger charge is 2.32. The predicted octanol–water partition coefficient (Wildman–Crippen LogP) is 5.35. The Bertz CT molecular complexity index is 1440. The molecule has 0 N–H and O–H groups in total. The standard InChI is InChI=1S/C26H18N2O4S2/c1-31-21-10-7-16(11-22(21)32-2)12-23-25(30)28(26(33)34-23)15-20(14-27)24(29)19-9-8-17-5-3-4-6-18(17)13-19/h3-13,15H,1-2H3/b20-15+,23-12-. The summed E-state index contributed by atoms with van der Waals surface area (Å²) in [6.07, 6.45) is 2.89. The fourth-order valence-corrected chi connectivity index (χ4v) is 4.65. The van der Waals surface area contributed by atoms with Gasteiger partial charge in [-0.05, 0) is 40.6 Å². The molecule has 0 radical (unpaired) electrons. The molecule has 0 spiro atoms. The van der Waals surface area contributed by atoms with Crippen LogP contribution >= 0.6 is 24.0 Å². The molecule has 1 aliphatic heterocycles. The molecule has 1 aliphatic rings. The van der Waals surface area contributed by atoms with Crippen LogP contribution < -0.4 is 9.47 Å². The average molecular weight is 487 g/mol. The van der Waals surface area contributed by atoms with Crippen molar-refractivity contribution in [3.05, 3.63) is 88.5 Å². The molecular formula is C26H18N2O4S2. The lowest BCUT2D eigenvalue weighted by molar-refractivity contribution is -0.120. The fourth-order valence-electron chi connectivity index (χ4n) is 3.44.